The van der Waals surface area contributed by atoms with E-state index in [9.17, 15) is 22.8 Å². The van der Waals surface area contributed by atoms with Crippen molar-refractivity contribution in [2.24, 2.45) is 5.92 Å². The lowest BCUT2D eigenvalue weighted by molar-refractivity contribution is -0.154. The van der Waals surface area contributed by atoms with Crippen molar-refractivity contribution in [2.75, 3.05) is 20.2 Å². The highest BCUT2D eigenvalue weighted by molar-refractivity contribution is 5.89. The number of carbonyl (C=O) groups is 2. The number of halogens is 3. The molecule has 9 heteroatoms. The third-order valence-corrected chi connectivity index (χ3v) is 3.36. The van der Waals surface area contributed by atoms with E-state index < -0.39 is 18.7 Å². The van der Waals surface area contributed by atoms with Gasteiger partial charge in [-0.3, -0.25) is 9.59 Å². The van der Waals surface area contributed by atoms with Crippen LogP contribution in [0.3, 0.4) is 0 Å². The maximum absolute atomic E-state index is 12.1. The van der Waals surface area contributed by atoms with Gasteiger partial charge in [0, 0.05) is 38.8 Å². The first-order valence-corrected chi connectivity index (χ1v) is 6.91. The van der Waals surface area contributed by atoms with Gasteiger partial charge in [-0.15, -0.1) is 0 Å². The van der Waals surface area contributed by atoms with Crippen LogP contribution in [0, 0.1) is 5.92 Å². The van der Waals surface area contributed by atoms with Crippen LogP contribution in [0.25, 0.3) is 0 Å². The number of pyridine rings is 1. The summed E-state index contributed by atoms with van der Waals surface area (Å²) in [5.41, 5.74) is 0.559. The van der Waals surface area contributed by atoms with Gasteiger partial charge in [-0.05, 0) is 11.6 Å². The number of nitrogens with zero attached hydrogens (tertiary/aromatic N) is 2. The number of amides is 2. The van der Waals surface area contributed by atoms with Crippen LogP contribution in [-0.4, -0.2) is 48.1 Å². The van der Waals surface area contributed by atoms with Gasteiger partial charge in [0.15, 0.2) is 6.61 Å². The highest BCUT2D eigenvalue weighted by atomic mass is 19.4. The van der Waals surface area contributed by atoms with Crippen molar-refractivity contribution in [2.45, 2.75) is 19.1 Å². The van der Waals surface area contributed by atoms with Gasteiger partial charge in [-0.1, -0.05) is 0 Å². The average molecular weight is 331 g/mol. The first kappa shape index (κ1) is 17.0. The smallest absolute Gasteiger partial charge is 0.422 e. The normalized spacial score (nSPS) is 18.2. The summed E-state index contributed by atoms with van der Waals surface area (Å²) in [5.74, 6) is -0.922. The highest BCUT2D eigenvalue weighted by Gasteiger charge is 2.32. The standard InChI is InChI=1S/C14H16F3N3O3/c1-20-7-10(5-12(20)21)13(22)19-6-9-2-3-18-11(4-9)23-8-14(15,16)17/h2-4,10H,5-8H2,1H3,(H,19,22)/t10-/m0/s1. The topological polar surface area (TPSA) is 71.5 Å². The molecule has 1 N–H and O–H groups in total. The monoisotopic (exact) mass is 331 g/mol. The number of aromatic nitrogens is 1. The van der Waals surface area contributed by atoms with Gasteiger partial charge in [0.05, 0.1) is 5.92 Å². The lowest BCUT2D eigenvalue weighted by atomic mass is 10.1. The SMILES string of the molecule is CN1C[C@@H](C(=O)NCc2ccnc(OCC(F)(F)F)c2)CC1=O. The number of ether oxygens (including phenoxy) is 1. The lowest BCUT2D eigenvalue weighted by Gasteiger charge is -2.12. The van der Waals surface area contributed by atoms with E-state index in [-0.39, 0.29) is 30.7 Å². The Balaban J connectivity index is 1.86. The van der Waals surface area contributed by atoms with Crippen LogP contribution < -0.4 is 10.1 Å². The molecule has 1 saturated heterocycles. The maximum Gasteiger partial charge on any atom is 0.422 e. The van der Waals surface area contributed by atoms with Crippen molar-refractivity contribution < 1.29 is 27.5 Å². The zero-order valence-electron chi connectivity index (χ0n) is 12.4. The summed E-state index contributed by atoms with van der Waals surface area (Å²) in [4.78, 5) is 28.5. The molecule has 2 heterocycles. The highest BCUT2D eigenvalue weighted by Crippen LogP contribution is 2.18. The zero-order chi connectivity index (χ0) is 17.0. The molecule has 126 valence electrons. The van der Waals surface area contributed by atoms with E-state index in [1.54, 1.807) is 13.1 Å². The van der Waals surface area contributed by atoms with Crippen LogP contribution >= 0.6 is 0 Å². The molecule has 0 bridgehead atoms. The van der Waals surface area contributed by atoms with E-state index in [0.29, 0.717) is 12.1 Å². The van der Waals surface area contributed by atoms with Crippen molar-refractivity contribution >= 4 is 11.8 Å². The van der Waals surface area contributed by atoms with Crippen molar-refractivity contribution in [3.05, 3.63) is 23.9 Å². The fourth-order valence-corrected chi connectivity index (χ4v) is 2.17. The summed E-state index contributed by atoms with van der Waals surface area (Å²) in [5, 5.41) is 2.66. The van der Waals surface area contributed by atoms with Crippen LogP contribution in [0.4, 0.5) is 13.2 Å². The molecule has 2 amide bonds. The van der Waals surface area contributed by atoms with Crippen LogP contribution in [0.15, 0.2) is 18.3 Å². The maximum atomic E-state index is 12.1. The Hall–Kier alpha value is -2.32. The fraction of sp³-hybridized carbons (Fsp3) is 0.500. The summed E-state index contributed by atoms with van der Waals surface area (Å²) >= 11 is 0. The summed E-state index contributed by atoms with van der Waals surface area (Å²) in [6, 6.07) is 2.89. The third-order valence-electron chi connectivity index (χ3n) is 3.36. The van der Waals surface area contributed by atoms with E-state index in [1.807, 2.05) is 0 Å². The molecule has 23 heavy (non-hydrogen) atoms. The molecule has 0 saturated carbocycles. The molecule has 6 nitrogen and oxygen atoms in total. The Kier molecular flexibility index (Phi) is 5.07. The number of likely N-dealkylation sites (tertiary alicyclic amines) is 1. The number of rotatable bonds is 5. The van der Waals surface area contributed by atoms with E-state index in [1.165, 1.54) is 17.2 Å². The van der Waals surface area contributed by atoms with E-state index in [0.717, 1.165) is 0 Å². The molecule has 0 unspecified atom stereocenters. The fourth-order valence-electron chi connectivity index (χ4n) is 2.17. The Morgan fingerprint density at radius 1 is 1.52 bits per heavy atom. The van der Waals surface area contributed by atoms with Crippen molar-refractivity contribution in [1.29, 1.82) is 0 Å². The number of hydrogen-bond donors (Lipinski definition) is 1. The molecule has 1 atom stereocenters. The van der Waals surface area contributed by atoms with Gasteiger partial charge in [0.1, 0.15) is 0 Å². The zero-order valence-corrected chi connectivity index (χ0v) is 12.4. The van der Waals surface area contributed by atoms with Crippen molar-refractivity contribution in [3.8, 4) is 5.88 Å². The molecule has 2 rings (SSSR count). The summed E-state index contributed by atoms with van der Waals surface area (Å²) in [7, 11) is 1.63. The molecule has 0 aliphatic carbocycles. The Morgan fingerprint density at radius 2 is 2.26 bits per heavy atom. The second-order valence-electron chi connectivity index (χ2n) is 5.30. The molecule has 1 aromatic heterocycles. The minimum absolute atomic E-state index is 0.0862. The number of nitrogens with one attached hydrogen (secondary N) is 1. The molecule has 0 aromatic carbocycles. The van der Waals surface area contributed by atoms with Gasteiger partial charge in [0.25, 0.3) is 0 Å². The number of carbonyl (C=O) groups excluding carboxylic acids is 2. The van der Waals surface area contributed by atoms with Crippen molar-refractivity contribution in [3.63, 3.8) is 0 Å². The number of alkyl halides is 3. The van der Waals surface area contributed by atoms with Crippen LogP contribution in [0.1, 0.15) is 12.0 Å². The predicted molar refractivity (Wildman–Crippen MR) is 73.4 cm³/mol. The molecular formula is C14H16F3N3O3. The molecule has 1 aliphatic rings. The molecule has 1 aromatic rings. The van der Waals surface area contributed by atoms with Crippen LogP contribution in [0.5, 0.6) is 5.88 Å². The van der Waals surface area contributed by atoms with E-state index >= 15 is 0 Å². The molecule has 0 radical (unpaired) electrons. The summed E-state index contributed by atoms with van der Waals surface area (Å²) in [6.07, 6.45) is -2.97. The molecule has 1 aliphatic heterocycles. The van der Waals surface area contributed by atoms with Crippen LogP contribution in [0.2, 0.25) is 0 Å². The van der Waals surface area contributed by atoms with Gasteiger partial charge in [-0.25, -0.2) is 4.98 Å². The Morgan fingerprint density at radius 3 is 2.87 bits per heavy atom. The van der Waals surface area contributed by atoms with Crippen molar-refractivity contribution in [1.82, 2.24) is 15.2 Å². The minimum atomic E-state index is -4.44. The lowest BCUT2D eigenvalue weighted by Crippen LogP contribution is -2.31. The Bertz CT molecular complexity index is 592. The van der Waals surface area contributed by atoms with Crippen LogP contribution in [-0.2, 0) is 16.1 Å². The van der Waals surface area contributed by atoms with Gasteiger partial charge < -0.3 is 15.0 Å². The van der Waals surface area contributed by atoms with E-state index in [2.05, 4.69) is 15.0 Å². The largest absolute Gasteiger partial charge is 0.468 e. The second-order valence-corrected chi connectivity index (χ2v) is 5.30. The summed E-state index contributed by atoms with van der Waals surface area (Å²) in [6.45, 7) is -0.939. The quantitative estimate of drug-likeness (QED) is 0.878. The Labute approximate surface area is 130 Å². The first-order valence-electron chi connectivity index (χ1n) is 6.91. The minimum Gasteiger partial charge on any atom is -0.468 e. The first-order chi connectivity index (χ1) is 10.7. The average Bonchev–Trinajstić information content (AvgIpc) is 2.82. The second kappa shape index (κ2) is 6.84. The molecule has 1 fully saturated rings. The molecule has 0 spiro atoms. The summed E-state index contributed by atoms with van der Waals surface area (Å²) < 4.78 is 40.8. The van der Waals surface area contributed by atoms with E-state index in [4.69, 9.17) is 0 Å². The van der Waals surface area contributed by atoms with Gasteiger partial charge in [0.2, 0.25) is 17.7 Å². The third kappa shape index (κ3) is 5.11. The van der Waals surface area contributed by atoms with Gasteiger partial charge in [-0.2, -0.15) is 13.2 Å². The number of hydrogen-bond acceptors (Lipinski definition) is 4. The predicted octanol–water partition coefficient (Wildman–Crippen LogP) is 1.12. The van der Waals surface area contributed by atoms with Gasteiger partial charge >= 0.3 is 6.18 Å². The molecular weight excluding hydrogens is 315 g/mol.